The molecule has 0 heterocycles. The van der Waals surface area contributed by atoms with Gasteiger partial charge in [-0.15, -0.1) is 0 Å². The van der Waals surface area contributed by atoms with Gasteiger partial charge in [0.1, 0.15) is 5.75 Å². The Hall–Kier alpha value is -2.91. The van der Waals surface area contributed by atoms with E-state index in [1.807, 2.05) is 6.92 Å². The molecule has 0 bridgehead atoms. The van der Waals surface area contributed by atoms with E-state index >= 15 is 0 Å². The molecule has 0 radical (unpaired) electrons. The highest BCUT2D eigenvalue weighted by Crippen LogP contribution is 2.23. The third-order valence-corrected chi connectivity index (χ3v) is 5.04. The van der Waals surface area contributed by atoms with E-state index in [4.69, 9.17) is 0 Å². The number of anilines is 1. The number of rotatable bonds is 7. The topological polar surface area (TPSA) is 125 Å². The lowest BCUT2D eigenvalue weighted by Crippen LogP contribution is -2.40. The first-order chi connectivity index (χ1) is 12.7. The minimum absolute atomic E-state index is 0.0495. The van der Waals surface area contributed by atoms with Gasteiger partial charge in [0.05, 0.1) is 23.7 Å². The van der Waals surface area contributed by atoms with Crippen LogP contribution in [0.15, 0.2) is 47.4 Å². The number of aromatic hydroxyl groups is 1. The molecule has 0 aliphatic rings. The van der Waals surface area contributed by atoms with Crippen molar-refractivity contribution in [1.29, 1.82) is 0 Å². The molecular weight excluding hydrogens is 370 g/mol. The first kappa shape index (κ1) is 20.4. The second-order valence-corrected chi connectivity index (χ2v) is 7.75. The molecule has 4 N–H and O–H groups in total. The van der Waals surface area contributed by atoms with Gasteiger partial charge in [0, 0.05) is 0 Å². The van der Waals surface area contributed by atoms with Gasteiger partial charge in [-0.25, -0.2) is 13.1 Å². The van der Waals surface area contributed by atoms with Crippen LogP contribution < -0.4 is 15.4 Å². The zero-order valence-electron chi connectivity index (χ0n) is 14.9. The predicted octanol–water partition coefficient (Wildman–Crippen LogP) is 1.04. The average Bonchev–Trinajstić information content (AvgIpc) is 2.61. The number of phenolic OH excluding ortho intramolecular Hbond substituents is 1. The summed E-state index contributed by atoms with van der Waals surface area (Å²) in [5.41, 5.74) is 1.97. The summed E-state index contributed by atoms with van der Waals surface area (Å²) in [6.07, 6.45) is 0. The summed E-state index contributed by atoms with van der Waals surface area (Å²) in [7, 11) is -3.81. The molecule has 0 atom stereocenters. The van der Waals surface area contributed by atoms with Crippen LogP contribution in [-0.2, 0) is 19.6 Å². The van der Waals surface area contributed by atoms with E-state index in [9.17, 15) is 23.1 Å². The highest BCUT2D eigenvalue weighted by molar-refractivity contribution is 7.89. The molecule has 2 aromatic carbocycles. The van der Waals surface area contributed by atoms with E-state index in [1.54, 1.807) is 31.2 Å². The van der Waals surface area contributed by atoms with Gasteiger partial charge < -0.3 is 15.7 Å². The zero-order valence-corrected chi connectivity index (χ0v) is 15.8. The van der Waals surface area contributed by atoms with Crippen molar-refractivity contribution in [3.05, 3.63) is 53.6 Å². The van der Waals surface area contributed by atoms with Gasteiger partial charge in [0.15, 0.2) is 0 Å². The smallest absolute Gasteiger partial charge is 0.243 e. The first-order valence-corrected chi connectivity index (χ1v) is 9.58. The molecular formula is C18H21N3O5S. The van der Waals surface area contributed by atoms with E-state index in [0.29, 0.717) is 0 Å². The van der Waals surface area contributed by atoms with Crippen molar-refractivity contribution in [1.82, 2.24) is 10.0 Å². The van der Waals surface area contributed by atoms with Crippen molar-refractivity contribution in [2.75, 3.05) is 18.4 Å². The average molecular weight is 391 g/mol. The maximum atomic E-state index is 12.1. The molecule has 0 unspecified atom stereocenters. The number of phenols is 1. The quantitative estimate of drug-likeness (QED) is 0.525. The second kappa shape index (κ2) is 8.65. The molecule has 0 saturated carbocycles. The van der Waals surface area contributed by atoms with Crippen LogP contribution in [0.2, 0.25) is 0 Å². The van der Waals surface area contributed by atoms with Crippen LogP contribution in [0.3, 0.4) is 0 Å². The minimum Gasteiger partial charge on any atom is -0.506 e. The number of benzene rings is 2. The maximum Gasteiger partial charge on any atom is 0.243 e. The van der Waals surface area contributed by atoms with Crippen molar-refractivity contribution in [2.45, 2.75) is 18.7 Å². The molecule has 0 aliphatic heterocycles. The Morgan fingerprint density at radius 2 is 1.56 bits per heavy atom. The largest absolute Gasteiger partial charge is 0.506 e. The molecule has 2 aromatic rings. The molecule has 0 saturated heterocycles. The molecule has 8 nitrogen and oxygen atoms in total. The molecule has 0 aliphatic carbocycles. The van der Waals surface area contributed by atoms with Gasteiger partial charge in [0.25, 0.3) is 0 Å². The van der Waals surface area contributed by atoms with Gasteiger partial charge >= 0.3 is 0 Å². The van der Waals surface area contributed by atoms with E-state index in [1.165, 1.54) is 18.2 Å². The summed E-state index contributed by atoms with van der Waals surface area (Å²) in [5.74, 6) is -1.29. The number of amides is 2. The van der Waals surface area contributed by atoms with Gasteiger partial charge in [-0.05, 0) is 43.7 Å². The van der Waals surface area contributed by atoms with Crippen LogP contribution in [0.1, 0.15) is 11.1 Å². The Bertz CT molecular complexity index is 940. The molecule has 2 rings (SSSR count). The van der Waals surface area contributed by atoms with Crippen LogP contribution >= 0.6 is 0 Å². The number of sulfonamides is 1. The lowest BCUT2D eigenvalue weighted by atomic mass is 10.2. The molecule has 0 fully saturated rings. The van der Waals surface area contributed by atoms with Gasteiger partial charge in [-0.2, -0.15) is 0 Å². The fourth-order valence-electron chi connectivity index (χ4n) is 2.14. The Labute approximate surface area is 157 Å². The highest BCUT2D eigenvalue weighted by atomic mass is 32.2. The van der Waals surface area contributed by atoms with Crippen molar-refractivity contribution in [2.24, 2.45) is 0 Å². The normalized spacial score (nSPS) is 11.0. The fourth-order valence-corrected chi connectivity index (χ4v) is 3.13. The van der Waals surface area contributed by atoms with E-state index in [-0.39, 0.29) is 22.9 Å². The Morgan fingerprint density at radius 1 is 0.926 bits per heavy atom. The number of aryl methyl sites for hydroxylation is 2. The molecule has 144 valence electrons. The van der Waals surface area contributed by atoms with Crippen molar-refractivity contribution in [3.8, 4) is 5.75 Å². The van der Waals surface area contributed by atoms with Gasteiger partial charge in [-0.1, -0.05) is 23.8 Å². The number of hydrogen-bond acceptors (Lipinski definition) is 5. The summed E-state index contributed by atoms with van der Waals surface area (Å²) >= 11 is 0. The van der Waals surface area contributed by atoms with E-state index in [0.717, 1.165) is 11.1 Å². The fraction of sp³-hybridized carbons (Fsp3) is 0.222. The monoisotopic (exact) mass is 391 g/mol. The van der Waals surface area contributed by atoms with Crippen LogP contribution in [-0.4, -0.2) is 38.4 Å². The lowest BCUT2D eigenvalue weighted by molar-refractivity contribution is -0.123. The summed E-state index contributed by atoms with van der Waals surface area (Å²) in [6, 6.07) is 10.9. The predicted molar refractivity (Wildman–Crippen MR) is 101 cm³/mol. The zero-order chi connectivity index (χ0) is 20.0. The maximum absolute atomic E-state index is 12.1. The lowest BCUT2D eigenvalue weighted by Gasteiger charge is -2.10. The van der Waals surface area contributed by atoms with Gasteiger partial charge in [0.2, 0.25) is 21.8 Å². The Balaban J connectivity index is 1.81. The molecule has 27 heavy (non-hydrogen) atoms. The van der Waals surface area contributed by atoms with Crippen molar-refractivity contribution in [3.63, 3.8) is 0 Å². The third-order valence-electron chi connectivity index (χ3n) is 3.63. The molecule has 9 heteroatoms. The number of hydrogen-bond donors (Lipinski definition) is 4. The standard InChI is InChI=1S/C18H21N3O5S/c1-12-3-6-14(7-4-12)27(25,26)20-11-17(23)19-10-18(24)21-15-8-5-13(2)9-16(15)22/h3-9,20,22H,10-11H2,1-2H3,(H,19,23)(H,21,24). The SMILES string of the molecule is Cc1ccc(S(=O)(=O)NCC(=O)NCC(=O)Nc2ccc(C)cc2O)cc1. The highest BCUT2D eigenvalue weighted by Gasteiger charge is 2.15. The number of carbonyl (C=O) groups is 2. The summed E-state index contributed by atoms with van der Waals surface area (Å²) in [5, 5.41) is 14.5. The Kier molecular flexibility index (Phi) is 6.54. The van der Waals surface area contributed by atoms with Crippen LogP contribution in [0.4, 0.5) is 5.69 Å². The van der Waals surface area contributed by atoms with E-state index < -0.39 is 28.4 Å². The second-order valence-electron chi connectivity index (χ2n) is 5.98. The van der Waals surface area contributed by atoms with Gasteiger partial charge in [-0.3, -0.25) is 9.59 Å². The number of carbonyl (C=O) groups excluding carboxylic acids is 2. The molecule has 0 spiro atoms. The summed E-state index contributed by atoms with van der Waals surface area (Å²) in [6.45, 7) is 2.76. The number of nitrogens with one attached hydrogen (secondary N) is 3. The third kappa shape index (κ3) is 6.08. The van der Waals surface area contributed by atoms with Crippen LogP contribution in [0.25, 0.3) is 0 Å². The summed E-state index contributed by atoms with van der Waals surface area (Å²) in [4.78, 5) is 23.7. The van der Waals surface area contributed by atoms with E-state index in [2.05, 4.69) is 15.4 Å². The first-order valence-electron chi connectivity index (χ1n) is 8.10. The van der Waals surface area contributed by atoms with Crippen LogP contribution in [0.5, 0.6) is 5.75 Å². The minimum atomic E-state index is -3.81. The Morgan fingerprint density at radius 3 is 2.19 bits per heavy atom. The molecule has 2 amide bonds. The van der Waals surface area contributed by atoms with Crippen molar-refractivity contribution >= 4 is 27.5 Å². The van der Waals surface area contributed by atoms with Crippen LogP contribution in [0, 0.1) is 13.8 Å². The van der Waals surface area contributed by atoms with Crippen molar-refractivity contribution < 1.29 is 23.1 Å². The summed E-state index contributed by atoms with van der Waals surface area (Å²) < 4.78 is 26.4. The molecule has 0 aromatic heterocycles.